The second kappa shape index (κ2) is 12.5. The highest BCUT2D eigenvalue weighted by Gasteiger charge is 2.70. The standard InChI is InChI=1S/C40H65NO7/c1-23(2)32-26(43)19-40(29(44)22-41-21-24(3)42)18-17-38(9)25(33(32)40)11-12-28-37(8)15-14-30(48-31(45)20-35(4,5)34(46)47)36(6,7)27(37)13-16-39(28,38)10/h23-25,27-30,41-42,44H,11-22H2,1-10H3,(H,46,47). The summed E-state index contributed by atoms with van der Waals surface area (Å²) in [5.41, 5.74) is 0.369. The molecule has 4 saturated carbocycles. The van der Waals surface area contributed by atoms with Gasteiger partial charge < -0.3 is 25.4 Å². The lowest BCUT2D eigenvalue weighted by atomic mass is 9.33. The number of nitrogens with one attached hydrogen (secondary N) is 1. The van der Waals surface area contributed by atoms with Crippen molar-refractivity contribution < 1.29 is 34.4 Å². The Kier molecular flexibility index (Phi) is 9.74. The smallest absolute Gasteiger partial charge is 0.309 e. The minimum atomic E-state index is -1.16. The number of aliphatic hydroxyl groups is 2. The maximum absolute atomic E-state index is 13.8. The van der Waals surface area contributed by atoms with Crippen LogP contribution in [0.5, 0.6) is 0 Å². The van der Waals surface area contributed by atoms with Gasteiger partial charge in [-0.2, -0.15) is 0 Å². The molecule has 0 aromatic carbocycles. The zero-order valence-electron chi connectivity index (χ0n) is 31.5. The zero-order valence-corrected chi connectivity index (χ0v) is 31.5. The second-order valence-corrected chi connectivity index (χ2v) is 19.1. The van der Waals surface area contributed by atoms with Gasteiger partial charge in [0.25, 0.3) is 0 Å². The van der Waals surface area contributed by atoms with E-state index in [0.717, 1.165) is 56.9 Å². The monoisotopic (exact) mass is 671 g/mol. The van der Waals surface area contributed by atoms with Gasteiger partial charge >= 0.3 is 11.9 Å². The number of hydrogen-bond donors (Lipinski definition) is 4. The van der Waals surface area contributed by atoms with Crippen molar-refractivity contribution in [2.45, 2.75) is 152 Å². The molecule has 4 N–H and O–H groups in total. The van der Waals surface area contributed by atoms with Crippen LogP contribution in [0, 0.1) is 56.2 Å². The van der Waals surface area contributed by atoms with E-state index < -0.39 is 35.0 Å². The molecule has 5 aliphatic rings. The van der Waals surface area contributed by atoms with Gasteiger partial charge in [0.15, 0.2) is 5.78 Å². The average molecular weight is 672 g/mol. The van der Waals surface area contributed by atoms with Crippen LogP contribution in [0.15, 0.2) is 11.1 Å². The van der Waals surface area contributed by atoms with E-state index in [1.54, 1.807) is 20.8 Å². The van der Waals surface area contributed by atoms with Crippen LogP contribution < -0.4 is 5.32 Å². The lowest BCUT2D eigenvalue weighted by Gasteiger charge is -2.72. The summed E-state index contributed by atoms with van der Waals surface area (Å²) in [6, 6.07) is 0. The van der Waals surface area contributed by atoms with Crippen LogP contribution >= 0.6 is 0 Å². The number of esters is 1. The number of fused-ring (bicyclic) bond motifs is 7. The molecular formula is C40H65NO7. The Morgan fingerprint density at radius 2 is 1.56 bits per heavy atom. The van der Waals surface area contributed by atoms with E-state index in [4.69, 9.17) is 4.74 Å². The number of Topliss-reactive ketones (excluding diaryl/α,β-unsaturated/α-hetero) is 1. The summed E-state index contributed by atoms with van der Waals surface area (Å²) in [6.45, 7) is 22.0. The van der Waals surface area contributed by atoms with Crippen LogP contribution in [0.25, 0.3) is 0 Å². The molecule has 0 aromatic rings. The Balaban J connectivity index is 1.44. The first-order chi connectivity index (χ1) is 22.1. The molecule has 0 aromatic heterocycles. The highest BCUT2D eigenvalue weighted by Crippen LogP contribution is 2.77. The fourth-order valence-corrected chi connectivity index (χ4v) is 12.5. The number of ketones is 1. The molecule has 5 aliphatic carbocycles. The third-order valence-electron chi connectivity index (χ3n) is 15.3. The molecule has 0 heterocycles. The third kappa shape index (κ3) is 5.62. The molecule has 10 unspecified atom stereocenters. The summed E-state index contributed by atoms with van der Waals surface area (Å²) >= 11 is 0. The largest absolute Gasteiger partial charge is 0.481 e. The topological polar surface area (TPSA) is 133 Å². The number of rotatable bonds is 10. The molecule has 0 spiro atoms. The van der Waals surface area contributed by atoms with Crippen LogP contribution in [0.1, 0.15) is 133 Å². The Morgan fingerprint density at radius 1 is 0.896 bits per heavy atom. The van der Waals surface area contributed by atoms with Gasteiger partial charge in [-0.15, -0.1) is 0 Å². The molecule has 8 heteroatoms. The highest BCUT2D eigenvalue weighted by molar-refractivity contribution is 6.00. The lowest BCUT2D eigenvalue weighted by Crippen LogP contribution is -2.66. The van der Waals surface area contributed by atoms with Gasteiger partial charge in [0.05, 0.1) is 24.0 Å². The predicted octanol–water partition coefficient (Wildman–Crippen LogP) is 6.71. The normalized spacial score (nSPS) is 40.4. The molecule has 4 fully saturated rings. The number of aliphatic carboxylic acids is 1. The maximum atomic E-state index is 13.8. The van der Waals surface area contributed by atoms with Crippen molar-refractivity contribution in [2.75, 3.05) is 13.1 Å². The number of carbonyl (C=O) groups excluding carboxylic acids is 2. The van der Waals surface area contributed by atoms with Crippen molar-refractivity contribution in [3.8, 4) is 0 Å². The van der Waals surface area contributed by atoms with Crippen LogP contribution in [0.4, 0.5) is 0 Å². The van der Waals surface area contributed by atoms with E-state index in [0.29, 0.717) is 31.3 Å². The molecule has 0 amide bonds. The van der Waals surface area contributed by atoms with Gasteiger partial charge in [0.2, 0.25) is 0 Å². The molecule has 0 saturated heterocycles. The fraction of sp³-hybridized carbons (Fsp3) is 0.875. The summed E-state index contributed by atoms with van der Waals surface area (Å²) in [5.74, 6) is -0.0114. The molecular weight excluding hydrogens is 606 g/mol. The van der Waals surface area contributed by atoms with Crippen LogP contribution in [0.3, 0.4) is 0 Å². The van der Waals surface area contributed by atoms with Crippen LogP contribution in [-0.4, -0.2) is 64.4 Å². The fourth-order valence-electron chi connectivity index (χ4n) is 12.5. The minimum absolute atomic E-state index is 0.0177. The maximum Gasteiger partial charge on any atom is 0.309 e. The first-order valence-corrected chi connectivity index (χ1v) is 18.9. The van der Waals surface area contributed by atoms with Crippen molar-refractivity contribution in [1.82, 2.24) is 5.32 Å². The van der Waals surface area contributed by atoms with Gasteiger partial charge in [0, 0.05) is 30.3 Å². The van der Waals surface area contributed by atoms with E-state index in [-0.39, 0.29) is 51.8 Å². The van der Waals surface area contributed by atoms with Crippen LogP contribution in [0.2, 0.25) is 0 Å². The number of aliphatic hydroxyl groups excluding tert-OH is 2. The number of hydrogen-bond acceptors (Lipinski definition) is 7. The van der Waals surface area contributed by atoms with Crippen molar-refractivity contribution in [3.05, 3.63) is 11.1 Å². The van der Waals surface area contributed by atoms with Crippen molar-refractivity contribution >= 4 is 17.7 Å². The first kappa shape index (κ1) is 37.5. The zero-order chi connectivity index (χ0) is 35.8. The third-order valence-corrected chi connectivity index (χ3v) is 15.3. The molecule has 5 rings (SSSR count). The molecule has 48 heavy (non-hydrogen) atoms. The summed E-state index contributed by atoms with van der Waals surface area (Å²) in [5, 5.41) is 34.6. The van der Waals surface area contributed by atoms with E-state index in [2.05, 4.69) is 53.8 Å². The molecule has 0 bridgehead atoms. The minimum Gasteiger partial charge on any atom is -0.481 e. The number of ether oxygens (including phenoxy) is 1. The van der Waals surface area contributed by atoms with E-state index in [1.165, 1.54) is 5.57 Å². The number of carboxylic acids is 1. The number of carbonyl (C=O) groups is 3. The number of allylic oxidation sites excluding steroid dienone is 1. The Hall–Kier alpha value is -1.77. The quantitative estimate of drug-likeness (QED) is 0.188. The Morgan fingerprint density at radius 3 is 2.17 bits per heavy atom. The molecule has 8 nitrogen and oxygen atoms in total. The van der Waals surface area contributed by atoms with E-state index in [9.17, 15) is 29.7 Å². The van der Waals surface area contributed by atoms with E-state index in [1.807, 2.05) is 0 Å². The van der Waals surface area contributed by atoms with E-state index >= 15 is 0 Å². The molecule has 10 atom stereocenters. The van der Waals surface area contributed by atoms with Gasteiger partial charge in [0.1, 0.15) is 6.10 Å². The highest BCUT2D eigenvalue weighted by atomic mass is 16.5. The molecule has 0 aliphatic heterocycles. The molecule has 272 valence electrons. The Bertz CT molecular complexity index is 1330. The van der Waals surface area contributed by atoms with Gasteiger partial charge in [-0.25, -0.2) is 0 Å². The summed E-state index contributed by atoms with van der Waals surface area (Å²) in [7, 11) is 0. The van der Waals surface area contributed by atoms with Crippen molar-refractivity contribution in [1.29, 1.82) is 0 Å². The summed E-state index contributed by atoms with van der Waals surface area (Å²) < 4.78 is 6.14. The van der Waals surface area contributed by atoms with Gasteiger partial charge in [-0.1, -0.05) is 54.0 Å². The van der Waals surface area contributed by atoms with Crippen LogP contribution in [-0.2, 0) is 19.1 Å². The Labute approximate surface area is 289 Å². The average Bonchev–Trinajstić information content (AvgIpc) is 3.27. The van der Waals surface area contributed by atoms with Gasteiger partial charge in [-0.05, 0) is 118 Å². The first-order valence-electron chi connectivity index (χ1n) is 18.9. The van der Waals surface area contributed by atoms with Crippen molar-refractivity contribution in [2.24, 2.45) is 56.2 Å². The number of carboxylic acid groups (broad SMARTS) is 1. The molecule has 0 radical (unpaired) electrons. The summed E-state index contributed by atoms with van der Waals surface area (Å²) in [4.78, 5) is 38.6. The van der Waals surface area contributed by atoms with Crippen molar-refractivity contribution in [3.63, 3.8) is 0 Å². The SMILES string of the molecule is CC(O)CNCC(O)C12CCC3(C)C(CCC4C5(C)CCC(OC(=O)CC(C)(C)C(=O)O)C(C)(C)C5CCC43C)C1=C(C(C)C)C(=O)C2. The second-order valence-electron chi connectivity index (χ2n) is 19.1. The predicted molar refractivity (Wildman–Crippen MR) is 186 cm³/mol. The lowest BCUT2D eigenvalue weighted by molar-refractivity contribution is -0.235. The summed E-state index contributed by atoms with van der Waals surface area (Å²) in [6.07, 6.45) is 6.54. The van der Waals surface area contributed by atoms with Gasteiger partial charge in [-0.3, -0.25) is 14.4 Å².